The summed E-state index contributed by atoms with van der Waals surface area (Å²) >= 11 is 0. The fraction of sp³-hybridized carbons (Fsp3) is 0.310. The van der Waals surface area contributed by atoms with Crippen LogP contribution in [0.3, 0.4) is 0 Å². The van der Waals surface area contributed by atoms with Gasteiger partial charge < -0.3 is 20.7 Å². The summed E-state index contributed by atoms with van der Waals surface area (Å²) in [6, 6.07) is 22.2. The number of carbonyl (C=O) groups excluding carboxylic acids is 2. The Hall–Kier alpha value is -3.80. The van der Waals surface area contributed by atoms with E-state index in [1.807, 2.05) is 61.5 Å². The first-order valence-corrected chi connectivity index (χ1v) is 12.3. The molecule has 3 N–H and O–H groups in total. The molecule has 0 heterocycles. The Labute approximate surface area is 208 Å². The maximum atomic E-state index is 12.4. The topological polar surface area (TPSA) is 79.5 Å². The monoisotopic (exact) mass is 473 g/mol. The second-order valence-corrected chi connectivity index (χ2v) is 8.59. The molecule has 0 aromatic heterocycles. The number of anilines is 3. The van der Waals surface area contributed by atoms with Crippen molar-refractivity contribution in [3.05, 3.63) is 83.9 Å². The van der Waals surface area contributed by atoms with Crippen LogP contribution in [-0.4, -0.2) is 25.0 Å². The minimum atomic E-state index is -0.156. The van der Waals surface area contributed by atoms with E-state index in [-0.39, 0.29) is 18.4 Å². The van der Waals surface area contributed by atoms with E-state index >= 15 is 0 Å². The van der Waals surface area contributed by atoms with E-state index in [2.05, 4.69) is 22.9 Å². The number of unbranched alkanes of at least 4 members (excludes halogenated alkanes) is 4. The molecule has 3 aromatic carbocycles. The highest BCUT2D eigenvalue weighted by molar-refractivity contribution is 6.04. The summed E-state index contributed by atoms with van der Waals surface area (Å²) in [6.45, 7) is 4.97. The van der Waals surface area contributed by atoms with Crippen molar-refractivity contribution < 1.29 is 14.3 Å². The molecule has 184 valence electrons. The number of hydrogen-bond acceptors (Lipinski definition) is 4. The SMILES string of the molecule is CCCCCCCOc1cccc(NC(=O)CNc2ccc(NC(=O)c3cccc(C)c3)cc2)c1. The number of aryl methyl sites for hydroxylation is 1. The first-order valence-electron chi connectivity index (χ1n) is 12.3. The number of ether oxygens (including phenoxy) is 1. The summed E-state index contributed by atoms with van der Waals surface area (Å²) < 4.78 is 5.81. The average molecular weight is 474 g/mol. The number of hydrogen-bond donors (Lipinski definition) is 3. The van der Waals surface area contributed by atoms with Gasteiger partial charge in [-0.3, -0.25) is 9.59 Å². The van der Waals surface area contributed by atoms with Gasteiger partial charge in [-0.15, -0.1) is 0 Å². The van der Waals surface area contributed by atoms with Crippen LogP contribution in [0.25, 0.3) is 0 Å². The highest BCUT2D eigenvalue weighted by Gasteiger charge is 2.07. The van der Waals surface area contributed by atoms with Crippen molar-refractivity contribution in [3.63, 3.8) is 0 Å². The molecule has 0 aliphatic rings. The van der Waals surface area contributed by atoms with E-state index in [0.717, 1.165) is 23.4 Å². The van der Waals surface area contributed by atoms with Crippen molar-refractivity contribution in [1.29, 1.82) is 0 Å². The zero-order valence-corrected chi connectivity index (χ0v) is 20.6. The molecule has 0 bridgehead atoms. The Morgan fingerprint density at radius 1 is 0.771 bits per heavy atom. The van der Waals surface area contributed by atoms with Crippen LogP contribution < -0.4 is 20.7 Å². The van der Waals surface area contributed by atoms with Crippen LogP contribution in [0, 0.1) is 6.92 Å². The quantitative estimate of drug-likeness (QED) is 0.243. The summed E-state index contributed by atoms with van der Waals surface area (Å²) in [6.07, 6.45) is 5.96. The molecule has 0 spiro atoms. The van der Waals surface area contributed by atoms with Gasteiger partial charge in [-0.2, -0.15) is 0 Å². The van der Waals surface area contributed by atoms with E-state index in [0.29, 0.717) is 23.5 Å². The molecule has 6 nitrogen and oxygen atoms in total. The molecule has 0 fully saturated rings. The molecule has 0 atom stereocenters. The Balaban J connectivity index is 1.41. The number of nitrogens with one attached hydrogen (secondary N) is 3. The molecule has 3 rings (SSSR count). The largest absolute Gasteiger partial charge is 0.494 e. The Morgan fingerprint density at radius 3 is 2.29 bits per heavy atom. The molecule has 0 unspecified atom stereocenters. The first-order chi connectivity index (χ1) is 17.0. The molecule has 35 heavy (non-hydrogen) atoms. The van der Waals surface area contributed by atoms with E-state index in [4.69, 9.17) is 4.74 Å². The van der Waals surface area contributed by atoms with Crippen molar-refractivity contribution in [2.24, 2.45) is 0 Å². The maximum absolute atomic E-state index is 12.4. The molecule has 0 radical (unpaired) electrons. The van der Waals surface area contributed by atoms with Gasteiger partial charge >= 0.3 is 0 Å². The number of carbonyl (C=O) groups is 2. The van der Waals surface area contributed by atoms with Crippen LogP contribution in [0.5, 0.6) is 5.75 Å². The highest BCUT2D eigenvalue weighted by Crippen LogP contribution is 2.19. The van der Waals surface area contributed by atoms with Crippen LogP contribution in [0.1, 0.15) is 54.9 Å². The standard InChI is InChI=1S/C29H35N3O3/c1-3-4-5-6-7-18-35-27-13-9-12-26(20-27)31-28(33)21-30-24-14-16-25(17-15-24)32-29(34)23-11-8-10-22(2)19-23/h8-17,19-20,30H,3-7,18,21H2,1-2H3,(H,31,33)(H,32,34). The van der Waals surface area contributed by atoms with Gasteiger partial charge in [0.1, 0.15) is 5.75 Å². The Kier molecular flexibility index (Phi) is 10.2. The highest BCUT2D eigenvalue weighted by atomic mass is 16.5. The van der Waals surface area contributed by atoms with Crippen LogP contribution in [0.15, 0.2) is 72.8 Å². The molecule has 0 saturated carbocycles. The molecule has 0 saturated heterocycles. The summed E-state index contributed by atoms with van der Waals surface area (Å²) in [5.41, 5.74) is 3.83. The fourth-order valence-electron chi connectivity index (χ4n) is 3.61. The lowest BCUT2D eigenvalue weighted by molar-refractivity contribution is -0.114. The van der Waals surface area contributed by atoms with Gasteiger partial charge in [0.05, 0.1) is 13.2 Å². The second kappa shape index (κ2) is 13.8. The third kappa shape index (κ3) is 9.16. The van der Waals surface area contributed by atoms with Gasteiger partial charge in [0.2, 0.25) is 5.91 Å². The maximum Gasteiger partial charge on any atom is 0.255 e. The lowest BCUT2D eigenvalue weighted by Crippen LogP contribution is -2.21. The third-order valence-electron chi connectivity index (χ3n) is 5.51. The molecule has 6 heteroatoms. The molecule has 0 aliphatic carbocycles. The smallest absolute Gasteiger partial charge is 0.255 e. The van der Waals surface area contributed by atoms with Crippen molar-refractivity contribution in [2.45, 2.75) is 46.0 Å². The zero-order valence-electron chi connectivity index (χ0n) is 20.6. The van der Waals surface area contributed by atoms with Crippen molar-refractivity contribution >= 4 is 28.9 Å². The Bertz CT molecular complexity index is 1100. The van der Waals surface area contributed by atoms with E-state index in [1.165, 1.54) is 25.7 Å². The van der Waals surface area contributed by atoms with Crippen molar-refractivity contribution in [3.8, 4) is 5.75 Å². The lowest BCUT2D eigenvalue weighted by atomic mass is 10.1. The summed E-state index contributed by atoms with van der Waals surface area (Å²) in [4.78, 5) is 24.8. The van der Waals surface area contributed by atoms with Crippen LogP contribution >= 0.6 is 0 Å². The summed E-state index contributed by atoms with van der Waals surface area (Å²) in [5.74, 6) is 0.449. The molecular formula is C29H35N3O3. The lowest BCUT2D eigenvalue weighted by Gasteiger charge is -2.11. The van der Waals surface area contributed by atoms with Crippen LogP contribution in [-0.2, 0) is 4.79 Å². The molecule has 2 amide bonds. The molecular weight excluding hydrogens is 438 g/mol. The normalized spacial score (nSPS) is 10.5. The zero-order chi connectivity index (χ0) is 24.9. The minimum Gasteiger partial charge on any atom is -0.494 e. The predicted molar refractivity (Wildman–Crippen MR) is 143 cm³/mol. The minimum absolute atomic E-state index is 0.123. The second-order valence-electron chi connectivity index (χ2n) is 8.59. The summed E-state index contributed by atoms with van der Waals surface area (Å²) in [5, 5.41) is 8.88. The van der Waals surface area contributed by atoms with Gasteiger partial charge in [0, 0.05) is 28.7 Å². The first kappa shape index (κ1) is 25.8. The van der Waals surface area contributed by atoms with Crippen molar-refractivity contribution in [2.75, 3.05) is 29.1 Å². The average Bonchev–Trinajstić information content (AvgIpc) is 2.86. The molecule has 3 aromatic rings. The van der Waals surface area contributed by atoms with Gasteiger partial charge in [-0.1, -0.05) is 56.4 Å². The fourth-order valence-corrected chi connectivity index (χ4v) is 3.61. The van der Waals surface area contributed by atoms with Gasteiger partial charge in [0.15, 0.2) is 0 Å². The van der Waals surface area contributed by atoms with Gasteiger partial charge in [0.25, 0.3) is 5.91 Å². The van der Waals surface area contributed by atoms with E-state index in [9.17, 15) is 9.59 Å². The predicted octanol–water partition coefficient (Wildman–Crippen LogP) is 6.65. The number of benzene rings is 3. The van der Waals surface area contributed by atoms with Gasteiger partial charge in [-0.05, 0) is 61.9 Å². The van der Waals surface area contributed by atoms with E-state index in [1.54, 1.807) is 18.2 Å². The third-order valence-corrected chi connectivity index (χ3v) is 5.51. The van der Waals surface area contributed by atoms with Crippen LogP contribution in [0.4, 0.5) is 17.1 Å². The van der Waals surface area contributed by atoms with Crippen LogP contribution in [0.2, 0.25) is 0 Å². The van der Waals surface area contributed by atoms with Crippen molar-refractivity contribution in [1.82, 2.24) is 0 Å². The summed E-state index contributed by atoms with van der Waals surface area (Å²) in [7, 11) is 0. The van der Waals surface area contributed by atoms with Gasteiger partial charge in [-0.25, -0.2) is 0 Å². The number of amides is 2. The van der Waals surface area contributed by atoms with E-state index < -0.39 is 0 Å². The molecule has 0 aliphatic heterocycles. The Morgan fingerprint density at radius 2 is 1.51 bits per heavy atom. The number of rotatable bonds is 13.